The van der Waals surface area contributed by atoms with Gasteiger partial charge in [-0.3, -0.25) is 9.59 Å². The van der Waals surface area contributed by atoms with Gasteiger partial charge in [0.1, 0.15) is 17.1 Å². The molecule has 2 aromatic carbocycles. The van der Waals surface area contributed by atoms with E-state index in [-0.39, 0.29) is 22.9 Å². The predicted octanol–water partition coefficient (Wildman–Crippen LogP) is 3.72. The summed E-state index contributed by atoms with van der Waals surface area (Å²) in [4.78, 5) is 35.1. The normalized spacial score (nSPS) is 10.1. The van der Waals surface area contributed by atoms with Gasteiger partial charge in [-0.25, -0.2) is 4.79 Å². The summed E-state index contributed by atoms with van der Waals surface area (Å²) < 4.78 is 14.9. The number of nitrogens with one attached hydrogen (secondary N) is 1. The Bertz CT molecular complexity index is 884. The second-order valence-corrected chi connectivity index (χ2v) is 6.05. The van der Waals surface area contributed by atoms with E-state index in [0.717, 1.165) is 0 Å². The molecular weight excluding hydrogens is 397 g/mol. The zero-order chi connectivity index (χ0) is 20.0. The first-order chi connectivity index (χ1) is 12.8. The summed E-state index contributed by atoms with van der Waals surface area (Å²) in [6.45, 7) is 0.886. The zero-order valence-corrected chi connectivity index (χ0v) is 15.9. The SMILES string of the molecule is COC(=O)c1cc(NC(=O)COc2ccc(Cl)cc2Cl)ccc1OC(C)=O. The fourth-order valence-electron chi connectivity index (χ4n) is 2.05. The van der Waals surface area contributed by atoms with E-state index in [1.165, 1.54) is 38.3 Å². The van der Waals surface area contributed by atoms with E-state index in [9.17, 15) is 14.4 Å². The molecule has 0 aliphatic heterocycles. The monoisotopic (exact) mass is 411 g/mol. The molecule has 1 amide bonds. The van der Waals surface area contributed by atoms with Crippen LogP contribution in [0.4, 0.5) is 5.69 Å². The molecule has 9 heteroatoms. The van der Waals surface area contributed by atoms with Crippen molar-refractivity contribution in [3.05, 3.63) is 52.0 Å². The van der Waals surface area contributed by atoms with Crippen LogP contribution < -0.4 is 14.8 Å². The smallest absolute Gasteiger partial charge is 0.341 e. The molecule has 2 rings (SSSR count). The van der Waals surface area contributed by atoms with Gasteiger partial charge < -0.3 is 19.5 Å². The number of anilines is 1. The molecule has 0 bridgehead atoms. The van der Waals surface area contributed by atoms with E-state index in [1.807, 2.05) is 0 Å². The number of carbonyl (C=O) groups is 3. The second kappa shape index (κ2) is 9.25. The van der Waals surface area contributed by atoms with Gasteiger partial charge in [-0.05, 0) is 36.4 Å². The molecule has 0 fully saturated rings. The van der Waals surface area contributed by atoms with Crippen LogP contribution >= 0.6 is 23.2 Å². The summed E-state index contributed by atoms with van der Waals surface area (Å²) >= 11 is 11.8. The fraction of sp³-hybridized carbons (Fsp3) is 0.167. The van der Waals surface area contributed by atoms with Gasteiger partial charge in [0.05, 0.1) is 12.1 Å². The van der Waals surface area contributed by atoms with Crippen LogP contribution in [-0.4, -0.2) is 31.6 Å². The van der Waals surface area contributed by atoms with Crippen molar-refractivity contribution in [1.82, 2.24) is 0 Å². The van der Waals surface area contributed by atoms with Gasteiger partial charge in [-0.1, -0.05) is 23.2 Å². The molecule has 0 aromatic heterocycles. The minimum Gasteiger partial charge on any atom is -0.482 e. The standard InChI is InChI=1S/C18H15Cl2NO6/c1-10(22)27-15-6-4-12(8-13(15)18(24)25-2)21-17(23)9-26-16-5-3-11(19)7-14(16)20/h3-8H,9H2,1-2H3,(H,21,23). The van der Waals surface area contributed by atoms with Crippen molar-refractivity contribution in [2.45, 2.75) is 6.92 Å². The lowest BCUT2D eigenvalue weighted by Crippen LogP contribution is -2.20. The Morgan fingerprint density at radius 3 is 2.37 bits per heavy atom. The highest BCUT2D eigenvalue weighted by molar-refractivity contribution is 6.35. The molecule has 0 heterocycles. The third-order valence-electron chi connectivity index (χ3n) is 3.18. The van der Waals surface area contributed by atoms with E-state index < -0.39 is 17.8 Å². The van der Waals surface area contributed by atoms with Crippen LogP contribution in [0.25, 0.3) is 0 Å². The maximum Gasteiger partial charge on any atom is 0.341 e. The molecule has 2 aromatic rings. The minimum absolute atomic E-state index is 0.00726. The average molecular weight is 412 g/mol. The Labute approximate surface area is 165 Å². The molecule has 27 heavy (non-hydrogen) atoms. The third-order valence-corrected chi connectivity index (χ3v) is 3.71. The van der Waals surface area contributed by atoms with E-state index >= 15 is 0 Å². The minimum atomic E-state index is -0.716. The fourth-order valence-corrected chi connectivity index (χ4v) is 2.52. The van der Waals surface area contributed by atoms with Crippen molar-refractivity contribution in [3.8, 4) is 11.5 Å². The first-order valence-electron chi connectivity index (χ1n) is 7.58. The van der Waals surface area contributed by atoms with Gasteiger partial charge in [0, 0.05) is 17.6 Å². The molecule has 7 nitrogen and oxygen atoms in total. The number of ether oxygens (including phenoxy) is 3. The number of benzene rings is 2. The lowest BCUT2D eigenvalue weighted by atomic mass is 10.1. The molecule has 0 aliphatic carbocycles. The molecule has 0 unspecified atom stereocenters. The molecule has 0 spiro atoms. The molecule has 0 aliphatic rings. The van der Waals surface area contributed by atoms with Crippen molar-refractivity contribution >= 4 is 46.7 Å². The Morgan fingerprint density at radius 2 is 1.74 bits per heavy atom. The largest absolute Gasteiger partial charge is 0.482 e. The van der Waals surface area contributed by atoms with Crippen LogP contribution in [0, 0.1) is 0 Å². The third kappa shape index (κ3) is 5.87. The Hall–Kier alpha value is -2.77. The topological polar surface area (TPSA) is 90.9 Å². The summed E-state index contributed by atoms with van der Waals surface area (Å²) in [5.74, 6) is -1.47. The quantitative estimate of drug-likeness (QED) is 0.575. The van der Waals surface area contributed by atoms with E-state index in [1.54, 1.807) is 12.1 Å². The van der Waals surface area contributed by atoms with Gasteiger partial charge in [0.25, 0.3) is 5.91 Å². The average Bonchev–Trinajstić information content (AvgIpc) is 2.61. The molecular formula is C18H15Cl2NO6. The second-order valence-electron chi connectivity index (χ2n) is 5.21. The number of halogens is 2. The van der Waals surface area contributed by atoms with Crippen LogP contribution in [0.1, 0.15) is 17.3 Å². The highest BCUT2D eigenvalue weighted by atomic mass is 35.5. The lowest BCUT2D eigenvalue weighted by Gasteiger charge is -2.12. The molecule has 0 saturated heterocycles. The summed E-state index contributed by atoms with van der Waals surface area (Å²) in [5.41, 5.74) is 0.286. The molecule has 1 N–H and O–H groups in total. The van der Waals surface area contributed by atoms with Crippen molar-refractivity contribution in [3.63, 3.8) is 0 Å². The summed E-state index contributed by atoms with van der Waals surface area (Å²) in [6, 6.07) is 8.79. The number of rotatable bonds is 6. The van der Waals surface area contributed by atoms with Gasteiger partial charge in [0.15, 0.2) is 6.61 Å². The molecule has 0 atom stereocenters. The van der Waals surface area contributed by atoms with Crippen molar-refractivity contribution in [2.75, 3.05) is 19.0 Å². The first kappa shape index (κ1) is 20.5. The molecule has 142 valence electrons. The van der Waals surface area contributed by atoms with E-state index in [2.05, 4.69) is 10.1 Å². The number of hydrogen-bond donors (Lipinski definition) is 1. The number of esters is 2. The number of methoxy groups -OCH3 is 1. The Balaban J connectivity index is 2.08. The van der Waals surface area contributed by atoms with Gasteiger partial charge in [-0.2, -0.15) is 0 Å². The number of carbonyl (C=O) groups excluding carboxylic acids is 3. The first-order valence-corrected chi connectivity index (χ1v) is 8.34. The van der Waals surface area contributed by atoms with Crippen LogP contribution in [0.2, 0.25) is 10.0 Å². The Kier molecular flexibility index (Phi) is 7.04. The highest BCUT2D eigenvalue weighted by Crippen LogP contribution is 2.28. The lowest BCUT2D eigenvalue weighted by molar-refractivity contribution is -0.131. The van der Waals surface area contributed by atoms with Crippen LogP contribution in [0.5, 0.6) is 11.5 Å². The number of amides is 1. The Morgan fingerprint density at radius 1 is 1.04 bits per heavy atom. The zero-order valence-electron chi connectivity index (χ0n) is 14.4. The van der Waals surface area contributed by atoms with Crippen molar-refractivity contribution in [2.24, 2.45) is 0 Å². The van der Waals surface area contributed by atoms with Gasteiger partial charge in [0.2, 0.25) is 0 Å². The van der Waals surface area contributed by atoms with Crippen LogP contribution in [0.15, 0.2) is 36.4 Å². The maximum atomic E-state index is 12.1. The molecule has 0 saturated carbocycles. The predicted molar refractivity (Wildman–Crippen MR) is 99.7 cm³/mol. The highest BCUT2D eigenvalue weighted by Gasteiger charge is 2.16. The summed E-state index contributed by atoms with van der Waals surface area (Å²) in [7, 11) is 1.19. The van der Waals surface area contributed by atoms with Crippen molar-refractivity contribution in [1.29, 1.82) is 0 Å². The van der Waals surface area contributed by atoms with Gasteiger partial charge in [-0.15, -0.1) is 0 Å². The molecule has 0 radical (unpaired) electrons. The maximum absolute atomic E-state index is 12.1. The number of hydrogen-bond acceptors (Lipinski definition) is 6. The summed E-state index contributed by atoms with van der Waals surface area (Å²) in [6.07, 6.45) is 0. The van der Waals surface area contributed by atoms with Crippen LogP contribution in [-0.2, 0) is 14.3 Å². The van der Waals surface area contributed by atoms with Gasteiger partial charge >= 0.3 is 11.9 Å². The van der Waals surface area contributed by atoms with Crippen molar-refractivity contribution < 1.29 is 28.6 Å². The van der Waals surface area contributed by atoms with Crippen LogP contribution in [0.3, 0.4) is 0 Å². The summed E-state index contributed by atoms with van der Waals surface area (Å²) in [5, 5.41) is 3.28. The van der Waals surface area contributed by atoms with E-state index in [0.29, 0.717) is 16.5 Å². The van der Waals surface area contributed by atoms with E-state index in [4.69, 9.17) is 32.7 Å².